The molecule has 0 aliphatic heterocycles. The Labute approximate surface area is 117 Å². The topological polar surface area (TPSA) is 41.6 Å². The number of carbonyl (C=O) groups is 1. The zero-order valence-electron chi connectivity index (χ0n) is 12.0. The van der Waals surface area contributed by atoms with Crippen LogP contribution in [0.3, 0.4) is 0 Å². The Morgan fingerprint density at radius 2 is 1.90 bits per heavy atom. The van der Waals surface area contributed by atoms with Crippen LogP contribution < -0.4 is 5.32 Å². The second-order valence-electron chi connectivity index (χ2n) is 5.18. The highest BCUT2D eigenvalue weighted by atomic mass is 19.4. The van der Waals surface area contributed by atoms with E-state index in [1.54, 1.807) is 7.05 Å². The van der Waals surface area contributed by atoms with Gasteiger partial charge in [0.2, 0.25) is 5.91 Å². The van der Waals surface area contributed by atoms with E-state index >= 15 is 0 Å². The van der Waals surface area contributed by atoms with Crippen LogP contribution in [0.2, 0.25) is 0 Å². The van der Waals surface area contributed by atoms with Crippen LogP contribution in [0.15, 0.2) is 0 Å². The van der Waals surface area contributed by atoms with E-state index in [1.807, 2.05) is 0 Å². The molecule has 1 fully saturated rings. The Morgan fingerprint density at radius 1 is 1.30 bits per heavy atom. The molecule has 7 heteroatoms. The zero-order valence-corrected chi connectivity index (χ0v) is 12.0. The van der Waals surface area contributed by atoms with E-state index in [0.717, 1.165) is 32.2 Å². The smallest absolute Gasteiger partial charge is 0.362 e. The third kappa shape index (κ3) is 6.09. The average Bonchev–Trinajstić information content (AvgIpc) is 2.37. The van der Waals surface area contributed by atoms with Crippen molar-refractivity contribution in [3.63, 3.8) is 0 Å². The van der Waals surface area contributed by atoms with Gasteiger partial charge in [0.15, 0.2) is 0 Å². The second kappa shape index (κ2) is 7.83. The van der Waals surface area contributed by atoms with Crippen molar-refractivity contribution in [1.82, 2.24) is 10.2 Å². The van der Waals surface area contributed by atoms with Crippen molar-refractivity contribution in [3.8, 4) is 0 Å². The molecule has 118 valence electrons. The molecule has 0 heterocycles. The molecule has 1 rings (SSSR count). The molecule has 0 aromatic heterocycles. The van der Waals surface area contributed by atoms with Crippen LogP contribution in [-0.4, -0.2) is 55.9 Å². The molecule has 0 saturated heterocycles. The number of halogens is 3. The van der Waals surface area contributed by atoms with Crippen molar-refractivity contribution < 1.29 is 22.7 Å². The van der Waals surface area contributed by atoms with Crippen molar-refractivity contribution in [2.45, 2.75) is 50.9 Å². The summed E-state index contributed by atoms with van der Waals surface area (Å²) in [4.78, 5) is 13.3. The summed E-state index contributed by atoms with van der Waals surface area (Å²) in [6, 6.07) is 0.591. The van der Waals surface area contributed by atoms with Gasteiger partial charge in [0.05, 0.1) is 0 Å². The highest BCUT2D eigenvalue weighted by Gasteiger charge is 2.29. The van der Waals surface area contributed by atoms with Crippen LogP contribution in [0, 0.1) is 0 Å². The Kier molecular flexibility index (Phi) is 6.75. The van der Waals surface area contributed by atoms with E-state index in [9.17, 15) is 18.0 Å². The lowest BCUT2D eigenvalue weighted by atomic mass is 9.90. The lowest BCUT2D eigenvalue weighted by Gasteiger charge is -2.35. The summed E-state index contributed by atoms with van der Waals surface area (Å²) in [5.74, 6) is -0.388. The fourth-order valence-electron chi connectivity index (χ4n) is 2.52. The number of nitrogens with one attached hydrogen (secondary N) is 1. The van der Waals surface area contributed by atoms with Crippen LogP contribution in [0.5, 0.6) is 0 Å². The predicted molar refractivity (Wildman–Crippen MR) is 69.4 cm³/mol. The molecule has 1 N–H and O–H groups in total. The molecule has 1 amide bonds. The SMILES string of the molecule is CCNC1CCC(N(C)C(=O)COCC(F)(F)F)CC1. The summed E-state index contributed by atoms with van der Waals surface area (Å²) in [6.07, 6.45) is -0.667. The molecule has 20 heavy (non-hydrogen) atoms. The first-order valence-electron chi connectivity index (χ1n) is 6.97. The maximum absolute atomic E-state index is 11.9. The van der Waals surface area contributed by atoms with Gasteiger partial charge in [-0.15, -0.1) is 0 Å². The maximum Gasteiger partial charge on any atom is 0.411 e. The molecule has 1 saturated carbocycles. The van der Waals surface area contributed by atoms with E-state index in [-0.39, 0.29) is 11.9 Å². The van der Waals surface area contributed by atoms with Crippen LogP contribution in [0.1, 0.15) is 32.6 Å². The van der Waals surface area contributed by atoms with Crippen LogP contribution in [-0.2, 0) is 9.53 Å². The minimum Gasteiger partial charge on any atom is -0.362 e. The molecule has 0 radical (unpaired) electrons. The van der Waals surface area contributed by atoms with Gasteiger partial charge >= 0.3 is 6.18 Å². The summed E-state index contributed by atoms with van der Waals surface area (Å²) in [7, 11) is 1.64. The Bertz CT molecular complexity index is 302. The first-order valence-corrected chi connectivity index (χ1v) is 6.97. The fraction of sp³-hybridized carbons (Fsp3) is 0.923. The first kappa shape index (κ1) is 17.2. The van der Waals surface area contributed by atoms with Crippen molar-refractivity contribution in [3.05, 3.63) is 0 Å². The number of alkyl halides is 3. The van der Waals surface area contributed by atoms with Crippen molar-refractivity contribution in [2.24, 2.45) is 0 Å². The van der Waals surface area contributed by atoms with Crippen LogP contribution in [0.25, 0.3) is 0 Å². The summed E-state index contributed by atoms with van der Waals surface area (Å²) in [5, 5.41) is 3.37. The molecule has 1 aliphatic rings. The highest BCUT2D eigenvalue weighted by Crippen LogP contribution is 2.22. The molecular weight excluding hydrogens is 273 g/mol. The Balaban J connectivity index is 2.28. The summed E-state index contributed by atoms with van der Waals surface area (Å²) in [6.45, 7) is 1.10. The summed E-state index contributed by atoms with van der Waals surface area (Å²) in [5.41, 5.74) is 0. The molecule has 4 nitrogen and oxygen atoms in total. The largest absolute Gasteiger partial charge is 0.411 e. The minimum absolute atomic E-state index is 0.104. The van der Waals surface area contributed by atoms with Gasteiger partial charge in [-0.25, -0.2) is 0 Å². The second-order valence-corrected chi connectivity index (χ2v) is 5.18. The van der Waals surface area contributed by atoms with Crippen molar-refractivity contribution in [1.29, 1.82) is 0 Å². The first-order chi connectivity index (χ1) is 9.33. The van der Waals surface area contributed by atoms with Gasteiger partial charge in [0.25, 0.3) is 0 Å². The van der Waals surface area contributed by atoms with Gasteiger partial charge in [-0.1, -0.05) is 6.92 Å². The lowest BCUT2D eigenvalue weighted by Crippen LogP contribution is -2.44. The zero-order chi connectivity index (χ0) is 15.2. The number of carbonyl (C=O) groups excluding carboxylic acids is 1. The van der Waals surface area contributed by atoms with Gasteiger partial charge in [-0.3, -0.25) is 4.79 Å². The summed E-state index contributed by atoms with van der Waals surface area (Å²) >= 11 is 0. The van der Waals surface area contributed by atoms with Gasteiger partial charge in [0, 0.05) is 19.1 Å². The molecule has 0 atom stereocenters. The molecule has 0 aromatic carbocycles. The van der Waals surface area contributed by atoms with E-state index in [2.05, 4.69) is 17.0 Å². The molecular formula is C13H23F3N2O2. The van der Waals surface area contributed by atoms with Gasteiger partial charge < -0.3 is 15.0 Å². The molecule has 0 bridgehead atoms. The number of hydrogen-bond acceptors (Lipinski definition) is 3. The predicted octanol–water partition coefficient (Wildman–Crippen LogP) is 1.94. The third-order valence-corrected chi connectivity index (χ3v) is 3.62. The number of nitrogens with zero attached hydrogens (tertiary/aromatic N) is 1. The van der Waals surface area contributed by atoms with Crippen molar-refractivity contribution in [2.75, 3.05) is 26.8 Å². The van der Waals surface area contributed by atoms with E-state index < -0.39 is 19.4 Å². The number of ether oxygens (including phenoxy) is 1. The van der Waals surface area contributed by atoms with E-state index in [4.69, 9.17) is 0 Å². The van der Waals surface area contributed by atoms with Crippen molar-refractivity contribution >= 4 is 5.91 Å². The highest BCUT2D eigenvalue weighted by molar-refractivity contribution is 5.77. The van der Waals surface area contributed by atoms with E-state index in [1.165, 1.54) is 4.90 Å². The molecule has 0 aromatic rings. The summed E-state index contributed by atoms with van der Waals surface area (Å²) < 4.78 is 40.2. The Morgan fingerprint density at radius 3 is 2.40 bits per heavy atom. The molecule has 0 unspecified atom stereocenters. The number of likely N-dealkylation sites (N-methyl/N-ethyl adjacent to an activating group) is 1. The fourth-order valence-corrected chi connectivity index (χ4v) is 2.52. The number of amides is 1. The van der Waals surface area contributed by atoms with Crippen LogP contribution >= 0.6 is 0 Å². The monoisotopic (exact) mass is 296 g/mol. The Hall–Kier alpha value is -0.820. The maximum atomic E-state index is 11.9. The number of rotatable bonds is 6. The third-order valence-electron chi connectivity index (χ3n) is 3.62. The standard InChI is InChI=1S/C13H23F3N2O2/c1-3-17-10-4-6-11(7-5-10)18(2)12(19)8-20-9-13(14,15)16/h10-11,17H,3-9H2,1-2H3. The van der Waals surface area contributed by atoms with Gasteiger partial charge in [-0.05, 0) is 32.2 Å². The molecule has 0 spiro atoms. The van der Waals surface area contributed by atoms with Gasteiger partial charge in [0.1, 0.15) is 13.2 Å². The van der Waals surface area contributed by atoms with E-state index in [0.29, 0.717) is 6.04 Å². The minimum atomic E-state index is -4.39. The quantitative estimate of drug-likeness (QED) is 0.814. The van der Waals surface area contributed by atoms with Gasteiger partial charge in [-0.2, -0.15) is 13.2 Å². The number of hydrogen-bond donors (Lipinski definition) is 1. The van der Waals surface area contributed by atoms with Crippen LogP contribution in [0.4, 0.5) is 13.2 Å². The normalized spacial score (nSPS) is 23.6. The lowest BCUT2D eigenvalue weighted by molar-refractivity contribution is -0.178. The average molecular weight is 296 g/mol. The molecule has 1 aliphatic carbocycles.